The van der Waals surface area contributed by atoms with Crippen molar-refractivity contribution in [1.29, 1.82) is 5.39 Å². The topological polar surface area (TPSA) is 37.4 Å². The van der Waals surface area contributed by atoms with E-state index >= 15 is 0 Å². The molecule has 1 aliphatic rings. The molecule has 0 radical (unpaired) electrons. The SMILES string of the molecule is F[B-](F)(F)F.N#[N+]c1ccc2c(c1)CCCO2. The lowest BCUT2D eigenvalue weighted by molar-refractivity contribution is 0.288. The molecule has 0 saturated heterocycles. The highest BCUT2D eigenvalue weighted by atomic mass is 19.5. The van der Waals surface area contributed by atoms with Gasteiger partial charge in [0.2, 0.25) is 5.39 Å². The number of rotatable bonds is 0. The molecule has 0 saturated carbocycles. The van der Waals surface area contributed by atoms with Crippen LogP contribution in [0.2, 0.25) is 0 Å². The molecule has 17 heavy (non-hydrogen) atoms. The van der Waals surface area contributed by atoms with Gasteiger partial charge in [-0.3, -0.25) is 0 Å². The van der Waals surface area contributed by atoms with Crippen molar-refractivity contribution in [3.8, 4) is 5.75 Å². The summed E-state index contributed by atoms with van der Waals surface area (Å²) >= 11 is 0. The van der Waals surface area contributed by atoms with Crippen molar-refractivity contribution in [3.05, 3.63) is 28.7 Å². The first kappa shape index (κ1) is 13.3. The Labute approximate surface area is 95.1 Å². The molecule has 0 N–H and O–H groups in total. The molecule has 0 unspecified atom stereocenters. The molecule has 92 valence electrons. The summed E-state index contributed by atoms with van der Waals surface area (Å²) < 4.78 is 44.4. The van der Waals surface area contributed by atoms with Gasteiger partial charge in [0.1, 0.15) is 5.75 Å². The molecule has 0 aliphatic carbocycles. The van der Waals surface area contributed by atoms with Crippen LogP contribution in [0.25, 0.3) is 4.98 Å². The van der Waals surface area contributed by atoms with Crippen LogP contribution in [0.15, 0.2) is 18.2 Å². The maximum absolute atomic E-state index is 9.75. The van der Waals surface area contributed by atoms with Gasteiger partial charge in [0, 0.05) is 17.7 Å². The van der Waals surface area contributed by atoms with E-state index in [-0.39, 0.29) is 0 Å². The van der Waals surface area contributed by atoms with E-state index < -0.39 is 7.25 Å². The van der Waals surface area contributed by atoms with Crippen molar-refractivity contribution in [2.45, 2.75) is 12.8 Å². The average Bonchev–Trinajstić information content (AvgIpc) is 2.26. The zero-order chi connectivity index (χ0) is 12.9. The van der Waals surface area contributed by atoms with E-state index in [1.165, 1.54) is 0 Å². The Morgan fingerprint density at radius 3 is 2.47 bits per heavy atom. The maximum Gasteiger partial charge on any atom is 0.673 e. The molecule has 8 heteroatoms. The van der Waals surface area contributed by atoms with Crippen LogP contribution in [-0.2, 0) is 6.42 Å². The Kier molecular flexibility index (Phi) is 4.32. The lowest BCUT2D eigenvalue weighted by Gasteiger charge is -2.15. The Balaban J connectivity index is 0.000000249. The molecule has 2 rings (SSSR count). The highest BCUT2D eigenvalue weighted by Crippen LogP contribution is 2.28. The number of aryl methyl sites for hydroxylation is 1. The summed E-state index contributed by atoms with van der Waals surface area (Å²) in [6, 6.07) is 5.45. The maximum atomic E-state index is 9.75. The van der Waals surface area contributed by atoms with Gasteiger partial charge < -0.3 is 22.0 Å². The van der Waals surface area contributed by atoms with Crippen molar-refractivity contribution in [1.82, 2.24) is 0 Å². The number of hydrogen-bond acceptors (Lipinski definition) is 2. The number of nitrogens with zero attached hydrogens (tertiary/aromatic N) is 2. The first-order valence-electron chi connectivity index (χ1n) is 4.88. The third-order valence-electron chi connectivity index (χ3n) is 2.01. The normalized spacial score (nSPS) is 13.6. The van der Waals surface area contributed by atoms with E-state index in [1.54, 1.807) is 6.07 Å². The van der Waals surface area contributed by atoms with Crippen molar-refractivity contribution in [2.75, 3.05) is 6.61 Å². The number of hydrogen-bond donors (Lipinski definition) is 0. The molecule has 1 heterocycles. The fourth-order valence-corrected chi connectivity index (χ4v) is 1.41. The first-order chi connectivity index (χ1) is 7.90. The van der Waals surface area contributed by atoms with Gasteiger partial charge in [-0.2, -0.15) is 0 Å². The molecule has 3 nitrogen and oxygen atoms in total. The molecular formula is C9H9BF4N2O. The second-order valence-electron chi connectivity index (χ2n) is 3.34. The average molecular weight is 248 g/mol. The molecule has 0 fully saturated rings. The van der Waals surface area contributed by atoms with Gasteiger partial charge in [0.25, 0.3) is 0 Å². The van der Waals surface area contributed by atoms with Gasteiger partial charge in [0.05, 0.1) is 6.61 Å². The summed E-state index contributed by atoms with van der Waals surface area (Å²) in [5, 5.41) is 8.52. The minimum Gasteiger partial charge on any atom is -0.493 e. The van der Waals surface area contributed by atoms with Gasteiger partial charge in [-0.05, 0) is 18.9 Å². The van der Waals surface area contributed by atoms with E-state index in [2.05, 4.69) is 4.98 Å². The lowest BCUT2D eigenvalue weighted by Crippen LogP contribution is -2.07. The van der Waals surface area contributed by atoms with Crippen LogP contribution < -0.4 is 4.74 Å². The van der Waals surface area contributed by atoms with Crippen molar-refractivity contribution >= 4 is 12.9 Å². The summed E-state index contributed by atoms with van der Waals surface area (Å²) in [4.78, 5) is 3.12. The molecule has 1 aromatic rings. The number of fused-ring (bicyclic) bond motifs is 1. The zero-order valence-corrected chi connectivity index (χ0v) is 8.75. The molecule has 0 aromatic heterocycles. The highest BCUT2D eigenvalue weighted by molar-refractivity contribution is 6.50. The van der Waals surface area contributed by atoms with Gasteiger partial charge >= 0.3 is 12.9 Å². The van der Waals surface area contributed by atoms with Crippen LogP contribution in [0, 0.1) is 5.39 Å². The van der Waals surface area contributed by atoms with E-state index in [0.717, 1.165) is 30.8 Å². The predicted octanol–water partition coefficient (Wildman–Crippen LogP) is 3.80. The lowest BCUT2D eigenvalue weighted by atomic mass is 10.1. The number of ether oxygens (including phenoxy) is 1. The summed E-state index contributed by atoms with van der Waals surface area (Å²) in [7, 11) is -6.00. The van der Waals surface area contributed by atoms with E-state index in [9.17, 15) is 17.3 Å². The van der Waals surface area contributed by atoms with E-state index in [1.807, 2.05) is 12.1 Å². The molecule has 0 spiro atoms. The van der Waals surface area contributed by atoms with Gasteiger partial charge in [-0.25, -0.2) is 0 Å². The van der Waals surface area contributed by atoms with Crippen LogP contribution in [-0.4, -0.2) is 13.9 Å². The van der Waals surface area contributed by atoms with E-state index in [0.29, 0.717) is 5.69 Å². The smallest absolute Gasteiger partial charge is 0.493 e. The molecular weight excluding hydrogens is 239 g/mol. The number of halogens is 4. The van der Waals surface area contributed by atoms with Gasteiger partial charge in [0.15, 0.2) is 4.98 Å². The molecule has 1 aliphatic heterocycles. The summed E-state index contributed by atoms with van der Waals surface area (Å²) in [6.45, 7) is 0.794. The minimum absolute atomic E-state index is 0.597. The minimum atomic E-state index is -6.00. The standard InChI is InChI=1S/C9H9N2O.BF4/c10-11-8-3-4-9-7(6-8)2-1-5-12-9;2-1(3,4)5/h3-4,6H,1-2,5H2;/q+1;-1. The third-order valence-corrected chi connectivity index (χ3v) is 2.01. The van der Waals surface area contributed by atoms with Crippen LogP contribution in [0.5, 0.6) is 5.75 Å². The Bertz CT molecular complexity index is 424. The Morgan fingerprint density at radius 2 is 1.88 bits per heavy atom. The number of benzene rings is 1. The van der Waals surface area contributed by atoms with E-state index in [4.69, 9.17) is 10.1 Å². The molecule has 0 atom stereocenters. The largest absolute Gasteiger partial charge is 0.673 e. The summed E-state index contributed by atoms with van der Waals surface area (Å²) in [6.07, 6.45) is 2.06. The van der Waals surface area contributed by atoms with Crippen LogP contribution >= 0.6 is 0 Å². The van der Waals surface area contributed by atoms with Crippen molar-refractivity contribution < 1.29 is 22.0 Å². The fraction of sp³-hybridized carbons (Fsp3) is 0.333. The highest BCUT2D eigenvalue weighted by Gasteiger charge is 2.20. The van der Waals surface area contributed by atoms with Gasteiger partial charge in [-0.15, -0.1) is 0 Å². The third kappa shape index (κ3) is 5.20. The monoisotopic (exact) mass is 248 g/mol. The predicted molar refractivity (Wildman–Crippen MR) is 55.2 cm³/mol. The summed E-state index contributed by atoms with van der Waals surface area (Å²) in [5.74, 6) is 0.925. The van der Waals surface area contributed by atoms with Crippen molar-refractivity contribution in [3.63, 3.8) is 0 Å². The fourth-order valence-electron chi connectivity index (χ4n) is 1.41. The second kappa shape index (κ2) is 5.52. The summed E-state index contributed by atoms with van der Waals surface area (Å²) in [5.41, 5.74) is 1.73. The zero-order valence-electron chi connectivity index (χ0n) is 8.75. The molecule has 1 aromatic carbocycles. The quantitative estimate of drug-likeness (QED) is 0.397. The Hall–Kier alpha value is -1.78. The second-order valence-corrected chi connectivity index (χ2v) is 3.34. The van der Waals surface area contributed by atoms with Gasteiger partial charge in [-0.1, -0.05) is 0 Å². The van der Waals surface area contributed by atoms with Crippen LogP contribution in [0.3, 0.4) is 0 Å². The van der Waals surface area contributed by atoms with Crippen LogP contribution in [0.1, 0.15) is 12.0 Å². The first-order valence-corrected chi connectivity index (χ1v) is 4.88. The Morgan fingerprint density at radius 1 is 1.24 bits per heavy atom. The van der Waals surface area contributed by atoms with Crippen molar-refractivity contribution in [2.24, 2.45) is 0 Å². The molecule has 0 bridgehead atoms. The molecule has 0 amide bonds. The van der Waals surface area contributed by atoms with Crippen LogP contribution in [0.4, 0.5) is 23.0 Å². The number of diazo groups is 1.